The van der Waals surface area contributed by atoms with Crippen molar-refractivity contribution in [2.75, 3.05) is 0 Å². The van der Waals surface area contributed by atoms with Gasteiger partial charge in [0.25, 0.3) is 5.56 Å². The summed E-state index contributed by atoms with van der Waals surface area (Å²) < 4.78 is 1.43. The van der Waals surface area contributed by atoms with Crippen molar-refractivity contribution >= 4 is 42.8 Å². The second kappa shape index (κ2) is 5.73. The third kappa shape index (κ3) is 2.68. The molecular formula is C16H12Br2N2O. The van der Waals surface area contributed by atoms with Crippen LogP contribution in [0.3, 0.4) is 0 Å². The first-order valence-electron chi connectivity index (χ1n) is 6.45. The number of hydrogen-bond donors (Lipinski definition) is 0. The standard InChI is InChI=1S/C16H12Br2N2O/c1-10-6-8-11(9-7-10)20-15(14(17)18)19-13-5-3-2-4-12(13)16(20)21/h2-9,14H,1H3. The molecule has 0 saturated heterocycles. The van der Waals surface area contributed by atoms with Gasteiger partial charge in [0, 0.05) is 0 Å². The average molecular weight is 408 g/mol. The molecule has 0 N–H and O–H groups in total. The van der Waals surface area contributed by atoms with Crippen molar-refractivity contribution in [3.8, 4) is 5.69 Å². The SMILES string of the molecule is Cc1ccc(-n2c(C(Br)Br)nc3ccccc3c2=O)cc1. The van der Waals surface area contributed by atoms with E-state index in [0.29, 0.717) is 16.7 Å². The van der Waals surface area contributed by atoms with Crippen molar-refractivity contribution in [3.05, 3.63) is 70.3 Å². The lowest BCUT2D eigenvalue weighted by Gasteiger charge is -2.14. The molecule has 0 saturated carbocycles. The lowest BCUT2D eigenvalue weighted by Crippen LogP contribution is -2.23. The van der Waals surface area contributed by atoms with Gasteiger partial charge in [-0.3, -0.25) is 9.36 Å². The van der Waals surface area contributed by atoms with E-state index in [1.807, 2.05) is 49.4 Å². The lowest BCUT2D eigenvalue weighted by atomic mass is 10.2. The van der Waals surface area contributed by atoms with Crippen molar-refractivity contribution in [1.29, 1.82) is 0 Å². The quantitative estimate of drug-likeness (QED) is 0.587. The summed E-state index contributed by atoms with van der Waals surface area (Å²) in [5, 5.41) is 0.613. The van der Waals surface area contributed by atoms with Gasteiger partial charge in [-0.05, 0) is 31.2 Å². The molecule has 1 aromatic heterocycles. The maximum atomic E-state index is 12.8. The van der Waals surface area contributed by atoms with E-state index in [-0.39, 0.29) is 9.30 Å². The van der Waals surface area contributed by atoms with Gasteiger partial charge < -0.3 is 0 Å². The maximum Gasteiger partial charge on any atom is 0.266 e. The lowest BCUT2D eigenvalue weighted by molar-refractivity contribution is 0.885. The van der Waals surface area contributed by atoms with E-state index in [4.69, 9.17) is 0 Å². The Balaban J connectivity index is 2.39. The van der Waals surface area contributed by atoms with Crippen LogP contribution >= 0.6 is 31.9 Å². The van der Waals surface area contributed by atoms with Crippen LogP contribution in [-0.2, 0) is 0 Å². The molecule has 0 atom stereocenters. The van der Waals surface area contributed by atoms with Gasteiger partial charge in [-0.2, -0.15) is 0 Å². The predicted molar refractivity (Wildman–Crippen MR) is 92.7 cm³/mol. The van der Waals surface area contributed by atoms with Gasteiger partial charge in [-0.1, -0.05) is 61.7 Å². The molecule has 0 aliphatic heterocycles. The molecule has 0 amide bonds. The molecule has 0 spiro atoms. The largest absolute Gasteiger partial charge is 0.268 e. The smallest absolute Gasteiger partial charge is 0.266 e. The summed E-state index contributed by atoms with van der Waals surface area (Å²) in [7, 11) is 0. The highest BCUT2D eigenvalue weighted by atomic mass is 79.9. The number of nitrogens with zero attached hydrogens (tertiary/aromatic N) is 2. The summed E-state index contributed by atoms with van der Waals surface area (Å²) in [5.41, 5.74) is 2.59. The molecule has 0 unspecified atom stereocenters. The average Bonchev–Trinajstić information content (AvgIpc) is 2.48. The molecule has 0 fully saturated rings. The molecule has 0 bridgehead atoms. The van der Waals surface area contributed by atoms with Crippen molar-refractivity contribution in [1.82, 2.24) is 9.55 Å². The van der Waals surface area contributed by atoms with E-state index >= 15 is 0 Å². The van der Waals surface area contributed by atoms with Crippen molar-refractivity contribution in [3.63, 3.8) is 0 Å². The maximum absolute atomic E-state index is 12.8. The first kappa shape index (κ1) is 14.5. The Morgan fingerprint density at radius 3 is 2.38 bits per heavy atom. The number of rotatable bonds is 2. The Morgan fingerprint density at radius 1 is 1.05 bits per heavy atom. The molecule has 21 heavy (non-hydrogen) atoms. The third-order valence-electron chi connectivity index (χ3n) is 3.29. The Hall–Kier alpha value is -1.46. The fourth-order valence-electron chi connectivity index (χ4n) is 2.24. The van der Waals surface area contributed by atoms with Crippen molar-refractivity contribution < 1.29 is 0 Å². The van der Waals surface area contributed by atoms with E-state index in [2.05, 4.69) is 36.8 Å². The fourth-order valence-corrected chi connectivity index (χ4v) is 2.85. The van der Waals surface area contributed by atoms with Gasteiger partial charge in [0.1, 0.15) is 9.56 Å². The summed E-state index contributed by atoms with van der Waals surface area (Å²) in [6.45, 7) is 2.02. The number of para-hydroxylation sites is 1. The zero-order valence-corrected chi connectivity index (χ0v) is 14.4. The highest BCUT2D eigenvalue weighted by Crippen LogP contribution is 2.29. The minimum Gasteiger partial charge on any atom is -0.268 e. The van der Waals surface area contributed by atoms with Crippen LogP contribution in [0.5, 0.6) is 0 Å². The van der Waals surface area contributed by atoms with Crippen LogP contribution in [0.1, 0.15) is 15.1 Å². The van der Waals surface area contributed by atoms with Crippen molar-refractivity contribution in [2.24, 2.45) is 0 Å². The molecule has 3 rings (SSSR count). The van der Waals surface area contributed by atoms with Crippen molar-refractivity contribution in [2.45, 2.75) is 10.7 Å². The topological polar surface area (TPSA) is 34.9 Å². The molecule has 0 radical (unpaired) electrons. The Kier molecular flexibility index (Phi) is 3.95. The van der Waals surface area contributed by atoms with Crippen LogP contribution in [0.2, 0.25) is 0 Å². The second-order valence-electron chi connectivity index (χ2n) is 4.76. The number of hydrogen-bond acceptors (Lipinski definition) is 2. The normalized spacial score (nSPS) is 11.2. The van der Waals surface area contributed by atoms with Gasteiger partial charge >= 0.3 is 0 Å². The van der Waals surface area contributed by atoms with E-state index in [9.17, 15) is 4.79 Å². The van der Waals surface area contributed by atoms with Gasteiger partial charge in [0.2, 0.25) is 0 Å². The van der Waals surface area contributed by atoms with Gasteiger partial charge in [0.05, 0.1) is 16.6 Å². The zero-order chi connectivity index (χ0) is 15.0. The molecule has 2 aromatic carbocycles. The minimum atomic E-state index is -0.205. The molecule has 1 heterocycles. The van der Waals surface area contributed by atoms with Crippen LogP contribution in [0, 0.1) is 6.92 Å². The molecule has 3 aromatic rings. The van der Waals surface area contributed by atoms with Crippen LogP contribution in [0.25, 0.3) is 16.6 Å². The van der Waals surface area contributed by atoms with Gasteiger partial charge in [-0.15, -0.1) is 0 Å². The first-order chi connectivity index (χ1) is 10.1. The molecule has 106 valence electrons. The summed E-state index contributed by atoms with van der Waals surface area (Å²) >= 11 is 6.92. The second-order valence-corrected chi connectivity index (χ2v) is 7.82. The summed E-state index contributed by atoms with van der Waals surface area (Å²) in [5.74, 6) is 0.627. The van der Waals surface area contributed by atoms with Crippen LogP contribution in [0.15, 0.2) is 53.3 Å². The third-order valence-corrected chi connectivity index (χ3v) is 4.11. The number of fused-ring (bicyclic) bond motifs is 1. The monoisotopic (exact) mass is 406 g/mol. The number of aryl methyl sites for hydroxylation is 1. The number of alkyl halides is 2. The number of aromatic nitrogens is 2. The summed E-state index contributed by atoms with van der Waals surface area (Å²) in [6.07, 6.45) is 0. The zero-order valence-electron chi connectivity index (χ0n) is 11.3. The van der Waals surface area contributed by atoms with Gasteiger partial charge in [-0.25, -0.2) is 4.98 Å². The Labute approximate surface area is 138 Å². The van der Waals surface area contributed by atoms with E-state index in [1.165, 1.54) is 0 Å². The highest BCUT2D eigenvalue weighted by Gasteiger charge is 2.16. The molecule has 5 heteroatoms. The molecule has 0 aliphatic rings. The van der Waals surface area contributed by atoms with Crippen LogP contribution in [0.4, 0.5) is 0 Å². The fraction of sp³-hybridized carbons (Fsp3) is 0.125. The molecule has 3 nitrogen and oxygen atoms in total. The van der Waals surface area contributed by atoms with E-state index < -0.39 is 0 Å². The Bertz CT molecular complexity index is 854. The highest BCUT2D eigenvalue weighted by molar-refractivity contribution is 9.24. The van der Waals surface area contributed by atoms with Crippen LogP contribution in [-0.4, -0.2) is 9.55 Å². The summed E-state index contributed by atoms with van der Waals surface area (Å²) in [6, 6.07) is 15.2. The first-order valence-corrected chi connectivity index (χ1v) is 8.28. The van der Waals surface area contributed by atoms with E-state index in [1.54, 1.807) is 10.6 Å². The minimum absolute atomic E-state index is 0.0663. The molecule has 0 aliphatic carbocycles. The van der Waals surface area contributed by atoms with Crippen LogP contribution < -0.4 is 5.56 Å². The number of halogens is 2. The van der Waals surface area contributed by atoms with E-state index in [0.717, 1.165) is 11.3 Å². The number of benzene rings is 2. The Morgan fingerprint density at radius 2 is 1.71 bits per heavy atom. The predicted octanol–water partition coefficient (Wildman–Crippen LogP) is 4.48. The summed E-state index contributed by atoms with van der Waals surface area (Å²) in [4.78, 5) is 17.4. The molecular weight excluding hydrogens is 396 g/mol. The van der Waals surface area contributed by atoms with Gasteiger partial charge in [0.15, 0.2) is 0 Å².